The molecule has 84 valence electrons. The van der Waals surface area contributed by atoms with E-state index >= 15 is 0 Å². The lowest BCUT2D eigenvalue weighted by molar-refractivity contribution is 0.418. The quantitative estimate of drug-likeness (QED) is 0.575. The topological polar surface area (TPSA) is 64.5 Å². The summed E-state index contributed by atoms with van der Waals surface area (Å²) in [6, 6.07) is 4.84. The highest BCUT2D eigenvalue weighted by Gasteiger charge is 2.15. The van der Waals surface area contributed by atoms with E-state index in [9.17, 15) is 10.2 Å². The van der Waals surface area contributed by atoms with Gasteiger partial charge in [0.1, 0.15) is 11.5 Å². The van der Waals surface area contributed by atoms with E-state index < -0.39 is 0 Å². The monoisotopic (exact) mass is 230 g/mol. The summed E-state index contributed by atoms with van der Waals surface area (Å²) < 4.78 is 0. The van der Waals surface area contributed by atoms with Crippen LogP contribution in [0.3, 0.4) is 0 Å². The van der Waals surface area contributed by atoms with Crippen molar-refractivity contribution in [2.24, 2.45) is 0 Å². The van der Waals surface area contributed by atoms with Crippen LogP contribution >= 0.6 is 12.4 Å². The van der Waals surface area contributed by atoms with Crippen molar-refractivity contribution in [3.05, 3.63) is 23.8 Å². The van der Waals surface area contributed by atoms with Crippen molar-refractivity contribution in [1.29, 1.82) is 0 Å². The molecular formula is C10H15ClN2O2. The number of phenols is 2. The van der Waals surface area contributed by atoms with Gasteiger partial charge in [-0.15, -0.1) is 12.4 Å². The van der Waals surface area contributed by atoms with E-state index in [2.05, 4.69) is 10.6 Å². The molecule has 2 rings (SSSR count). The molecule has 1 aromatic rings. The van der Waals surface area contributed by atoms with Crippen LogP contribution in [-0.4, -0.2) is 29.8 Å². The van der Waals surface area contributed by atoms with Crippen LogP contribution in [0, 0.1) is 0 Å². The van der Waals surface area contributed by atoms with Crippen LogP contribution in [0.5, 0.6) is 11.5 Å². The Labute approximate surface area is 94.7 Å². The molecule has 1 saturated heterocycles. The molecule has 1 aliphatic rings. The van der Waals surface area contributed by atoms with Crippen molar-refractivity contribution in [1.82, 2.24) is 10.6 Å². The Kier molecular flexibility index (Phi) is 4.20. The third-order valence-electron chi connectivity index (χ3n) is 2.37. The zero-order valence-corrected chi connectivity index (χ0v) is 9.05. The highest BCUT2D eigenvalue weighted by molar-refractivity contribution is 5.85. The van der Waals surface area contributed by atoms with Gasteiger partial charge < -0.3 is 20.8 Å². The molecule has 1 aromatic carbocycles. The Morgan fingerprint density at radius 2 is 1.73 bits per heavy atom. The first-order valence-corrected chi connectivity index (χ1v) is 4.73. The predicted octanol–water partition coefficient (Wildman–Crippen LogP) is 0.753. The summed E-state index contributed by atoms with van der Waals surface area (Å²) in [6.45, 7) is 2.69. The summed E-state index contributed by atoms with van der Waals surface area (Å²) in [4.78, 5) is 0. The zero-order chi connectivity index (χ0) is 9.97. The zero-order valence-electron chi connectivity index (χ0n) is 8.23. The van der Waals surface area contributed by atoms with Crippen LogP contribution in [0.1, 0.15) is 11.6 Å². The first-order chi connectivity index (χ1) is 6.75. The maximum Gasteiger partial charge on any atom is 0.119 e. The second-order valence-corrected chi connectivity index (χ2v) is 3.49. The first-order valence-electron chi connectivity index (χ1n) is 4.73. The molecule has 0 aliphatic carbocycles. The van der Waals surface area contributed by atoms with Crippen LogP contribution in [0.15, 0.2) is 18.2 Å². The third kappa shape index (κ3) is 2.99. The average Bonchev–Trinajstić information content (AvgIpc) is 2.18. The van der Waals surface area contributed by atoms with Crippen molar-refractivity contribution in [2.75, 3.05) is 19.6 Å². The van der Waals surface area contributed by atoms with E-state index in [1.807, 2.05) is 0 Å². The van der Waals surface area contributed by atoms with Gasteiger partial charge in [-0.1, -0.05) is 0 Å². The van der Waals surface area contributed by atoms with Gasteiger partial charge in [-0.2, -0.15) is 0 Å². The fraction of sp³-hybridized carbons (Fsp3) is 0.400. The number of rotatable bonds is 1. The molecule has 1 fully saturated rings. The molecule has 0 amide bonds. The molecule has 15 heavy (non-hydrogen) atoms. The normalized spacial score (nSPS) is 20.7. The summed E-state index contributed by atoms with van der Waals surface area (Å²) in [5.41, 5.74) is 0.912. The smallest absolute Gasteiger partial charge is 0.119 e. The van der Waals surface area contributed by atoms with Gasteiger partial charge in [0, 0.05) is 31.7 Å². The van der Waals surface area contributed by atoms with Crippen molar-refractivity contribution < 1.29 is 10.2 Å². The molecule has 0 saturated carbocycles. The summed E-state index contributed by atoms with van der Waals surface area (Å²) in [6.07, 6.45) is 0. The number of hydrogen-bond acceptors (Lipinski definition) is 4. The molecular weight excluding hydrogens is 216 g/mol. The largest absolute Gasteiger partial charge is 0.508 e. The number of aromatic hydroxyl groups is 2. The van der Waals surface area contributed by atoms with Crippen molar-refractivity contribution in [3.63, 3.8) is 0 Å². The van der Waals surface area contributed by atoms with Gasteiger partial charge in [-0.25, -0.2) is 0 Å². The summed E-state index contributed by atoms with van der Waals surface area (Å²) in [5, 5.41) is 25.2. The fourth-order valence-electron chi connectivity index (χ4n) is 1.71. The van der Waals surface area contributed by atoms with Gasteiger partial charge in [-0.05, 0) is 17.7 Å². The minimum atomic E-state index is 0. The van der Waals surface area contributed by atoms with Crippen molar-refractivity contribution >= 4 is 12.4 Å². The summed E-state index contributed by atoms with van der Waals surface area (Å²) in [5.74, 6) is 0.208. The van der Waals surface area contributed by atoms with E-state index in [-0.39, 0.29) is 29.9 Å². The van der Waals surface area contributed by atoms with Crippen LogP contribution in [0.4, 0.5) is 0 Å². The van der Waals surface area contributed by atoms with Gasteiger partial charge >= 0.3 is 0 Å². The molecule has 5 heteroatoms. The Morgan fingerprint density at radius 1 is 1.07 bits per heavy atom. The standard InChI is InChI=1S/C10H14N2O2.ClH/c13-8-3-7(4-9(14)5-8)10-6-11-1-2-12-10;/h3-5,10-14H,1-2,6H2;1H/t10-;/m1./s1. The lowest BCUT2D eigenvalue weighted by Crippen LogP contribution is -2.42. The third-order valence-corrected chi connectivity index (χ3v) is 2.37. The molecule has 0 bridgehead atoms. The predicted molar refractivity (Wildman–Crippen MR) is 60.6 cm³/mol. The Balaban J connectivity index is 0.00000112. The maximum absolute atomic E-state index is 9.32. The van der Waals surface area contributed by atoms with Crippen LogP contribution in [0.2, 0.25) is 0 Å². The van der Waals surface area contributed by atoms with Crippen LogP contribution in [0.25, 0.3) is 0 Å². The van der Waals surface area contributed by atoms with Crippen LogP contribution in [-0.2, 0) is 0 Å². The first kappa shape index (κ1) is 12.1. The van der Waals surface area contributed by atoms with Gasteiger partial charge in [0.15, 0.2) is 0 Å². The minimum Gasteiger partial charge on any atom is -0.508 e. The van der Waals surface area contributed by atoms with Gasteiger partial charge in [0.05, 0.1) is 0 Å². The second-order valence-electron chi connectivity index (χ2n) is 3.49. The van der Waals surface area contributed by atoms with Crippen molar-refractivity contribution in [3.8, 4) is 11.5 Å². The second kappa shape index (κ2) is 5.21. The Bertz CT molecular complexity index is 307. The fourth-order valence-corrected chi connectivity index (χ4v) is 1.71. The number of nitrogens with one attached hydrogen (secondary N) is 2. The SMILES string of the molecule is Cl.Oc1cc(O)cc([C@H]2CNCCN2)c1. The average molecular weight is 231 g/mol. The molecule has 1 aliphatic heterocycles. The molecule has 4 nitrogen and oxygen atoms in total. The molecule has 0 radical (unpaired) electrons. The van der Waals surface area contributed by atoms with E-state index in [0.29, 0.717) is 0 Å². The molecule has 0 aromatic heterocycles. The van der Waals surface area contributed by atoms with E-state index in [1.54, 1.807) is 12.1 Å². The molecule has 1 atom stereocenters. The number of piperazine rings is 1. The molecule has 0 unspecified atom stereocenters. The Hall–Kier alpha value is -0.970. The van der Waals surface area contributed by atoms with Gasteiger partial charge in [-0.3, -0.25) is 0 Å². The Morgan fingerprint density at radius 3 is 2.27 bits per heavy atom. The number of halogens is 1. The number of phenolic OH excluding ortho intramolecular Hbond substituents is 2. The maximum atomic E-state index is 9.32. The van der Waals surface area contributed by atoms with Crippen molar-refractivity contribution in [2.45, 2.75) is 6.04 Å². The highest BCUT2D eigenvalue weighted by Crippen LogP contribution is 2.24. The highest BCUT2D eigenvalue weighted by atomic mass is 35.5. The molecule has 0 spiro atoms. The minimum absolute atomic E-state index is 0. The summed E-state index contributed by atoms with van der Waals surface area (Å²) >= 11 is 0. The van der Waals surface area contributed by atoms with Gasteiger partial charge in [0.2, 0.25) is 0 Å². The lowest BCUT2D eigenvalue weighted by atomic mass is 10.0. The molecule has 4 N–H and O–H groups in total. The lowest BCUT2D eigenvalue weighted by Gasteiger charge is -2.25. The van der Waals surface area contributed by atoms with E-state index in [1.165, 1.54) is 6.07 Å². The van der Waals surface area contributed by atoms with E-state index in [0.717, 1.165) is 25.2 Å². The number of benzene rings is 1. The number of hydrogen-bond donors (Lipinski definition) is 4. The van der Waals surface area contributed by atoms with E-state index in [4.69, 9.17) is 0 Å². The summed E-state index contributed by atoms with van der Waals surface area (Å²) in [7, 11) is 0. The van der Waals surface area contributed by atoms with Crippen LogP contribution < -0.4 is 10.6 Å². The van der Waals surface area contributed by atoms with Gasteiger partial charge in [0.25, 0.3) is 0 Å². The molecule has 1 heterocycles.